The Morgan fingerprint density at radius 2 is 2.15 bits per heavy atom. The molecule has 3 aromatic rings. The van der Waals surface area contributed by atoms with Gasteiger partial charge in [0.25, 0.3) is 5.91 Å². The van der Waals surface area contributed by atoms with E-state index in [0.29, 0.717) is 21.0 Å². The first-order chi connectivity index (χ1) is 12.5. The van der Waals surface area contributed by atoms with E-state index in [4.69, 9.17) is 8.94 Å². The van der Waals surface area contributed by atoms with E-state index in [1.54, 1.807) is 12.1 Å². The second-order valence-corrected chi connectivity index (χ2v) is 7.59. The highest BCUT2D eigenvalue weighted by molar-refractivity contribution is 8.01. The van der Waals surface area contributed by atoms with Gasteiger partial charge in [-0.25, -0.2) is 0 Å². The molecule has 136 valence electrons. The molecule has 0 bridgehead atoms. The van der Waals surface area contributed by atoms with Gasteiger partial charge in [-0.1, -0.05) is 28.3 Å². The molecule has 0 spiro atoms. The fourth-order valence-corrected chi connectivity index (χ4v) is 3.45. The lowest BCUT2D eigenvalue weighted by atomic mass is 10.3. The molecule has 3 aromatic heterocycles. The highest BCUT2D eigenvalue weighted by Crippen LogP contribution is 2.26. The Kier molecular flexibility index (Phi) is 5.68. The number of carbonyl (C=O) groups excluding carboxylic acids is 2. The van der Waals surface area contributed by atoms with Crippen molar-refractivity contribution in [2.75, 3.05) is 11.1 Å². The van der Waals surface area contributed by atoms with Crippen molar-refractivity contribution < 1.29 is 18.5 Å². The molecule has 0 aromatic carbocycles. The summed E-state index contributed by atoms with van der Waals surface area (Å²) in [7, 11) is 0. The van der Waals surface area contributed by atoms with Gasteiger partial charge in [0.05, 0.1) is 12.0 Å². The summed E-state index contributed by atoms with van der Waals surface area (Å²) in [6.45, 7) is 3.78. The minimum atomic E-state index is -0.475. The zero-order valence-electron chi connectivity index (χ0n) is 13.9. The van der Waals surface area contributed by atoms with Gasteiger partial charge in [-0.05, 0) is 26.0 Å². The molecule has 0 aliphatic carbocycles. The summed E-state index contributed by atoms with van der Waals surface area (Å²) in [6.07, 6.45) is 1.50. The van der Waals surface area contributed by atoms with Crippen LogP contribution in [0, 0.1) is 0 Å². The van der Waals surface area contributed by atoms with Crippen LogP contribution in [-0.2, 0) is 4.79 Å². The number of rotatable bonds is 7. The van der Waals surface area contributed by atoms with Gasteiger partial charge >= 0.3 is 0 Å². The number of hydrogen-bond donors (Lipinski definition) is 2. The average molecular weight is 393 g/mol. The molecule has 0 radical (unpaired) electrons. The predicted molar refractivity (Wildman–Crippen MR) is 96.1 cm³/mol. The molecule has 11 heteroatoms. The minimum absolute atomic E-state index is 0.0842. The van der Waals surface area contributed by atoms with Crippen LogP contribution in [0.2, 0.25) is 0 Å². The monoisotopic (exact) mass is 393 g/mol. The standard InChI is InChI=1S/C15H15N5O4S2/c1-8(2)16-12(21)7-25-15-19-18-14(26-15)17-13(22)9-6-11(24-20-9)10-4-3-5-23-10/h3-6,8H,7H2,1-2H3,(H,16,21)(H,17,18,22). The van der Waals surface area contributed by atoms with Crippen molar-refractivity contribution in [2.45, 2.75) is 24.2 Å². The van der Waals surface area contributed by atoms with E-state index in [2.05, 4.69) is 26.0 Å². The summed E-state index contributed by atoms with van der Waals surface area (Å²) in [5.74, 6) is 0.502. The normalized spacial score (nSPS) is 10.9. The lowest BCUT2D eigenvalue weighted by molar-refractivity contribution is -0.119. The summed E-state index contributed by atoms with van der Waals surface area (Å²) >= 11 is 2.42. The molecule has 0 saturated heterocycles. The van der Waals surface area contributed by atoms with Crippen molar-refractivity contribution in [1.29, 1.82) is 0 Å². The SMILES string of the molecule is CC(C)NC(=O)CSc1nnc(NC(=O)c2cc(-c3ccco3)on2)s1. The Morgan fingerprint density at radius 3 is 2.88 bits per heavy atom. The number of thioether (sulfide) groups is 1. The van der Waals surface area contributed by atoms with Crippen molar-refractivity contribution in [3.63, 3.8) is 0 Å². The third kappa shape index (κ3) is 4.70. The van der Waals surface area contributed by atoms with Crippen LogP contribution in [0.5, 0.6) is 0 Å². The summed E-state index contributed by atoms with van der Waals surface area (Å²) in [5, 5.41) is 17.2. The first-order valence-electron chi connectivity index (χ1n) is 7.59. The molecular weight excluding hydrogens is 378 g/mol. The average Bonchev–Trinajstić information content (AvgIpc) is 3.33. The highest BCUT2D eigenvalue weighted by Gasteiger charge is 2.17. The summed E-state index contributed by atoms with van der Waals surface area (Å²) in [6, 6.07) is 4.97. The van der Waals surface area contributed by atoms with Crippen molar-refractivity contribution in [3.8, 4) is 11.5 Å². The van der Waals surface area contributed by atoms with E-state index in [1.165, 1.54) is 35.4 Å². The molecule has 9 nitrogen and oxygen atoms in total. The van der Waals surface area contributed by atoms with Gasteiger partial charge in [0.15, 0.2) is 15.8 Å². The third-order valence-electron chi connectivity index (χ3n) is 2.91. The van der Waals surface area contributed by atoms with Crippen LogP contribution < -0.4 is 10.6 Å². The lowest BCUT2D eigenvalue weighted by Crippen LogP contribution is -2.31. The minimum Gasteiger partial charge on any atom is -0.461 e. The van der Waals surface area contributed by atoms with Crippen molar-refractivity contribution in [2.24, 2.45) is 0 Å². The van der Waals surface area contributed by atoms with E-state index in [0.717, 1.165) is 0 Å². The van der Waals surface area contributed by atoms with Crippen molar-refractivity contribution in [3.05, 3.63) is 30.2 Å². The van der Waals surface area contributed by atoms with Crippen molar-refractivity contribution >= 4 is 40.0 Å². The number of furan rings is 1. The number of aromatic nitrogens is 3. The van der Waals surface area contributed by atoms with Gasteiger partial charge in [0, 0.05) is 12.1 Å². The molecule has 3 heterocycles. The van der Waals surface area contributed by atoms with E-state index in [1.807, 2.05) is 13.8 Å². The predicted octanol–water partition coefficient (Wildman–Crippen LogP) is 2.66. The van der Waals surface area contributed by atoms with Crippen LogP contribution in [-0.4, -0.2) is 39.0 Å². The number of hydrogen-bond acceptors (Lipinski definition) is 9. The van der Waals surface area contributed by atoms with Gasteiger partial charge in [-0.3, -0.25) is 14.9 Å². The fourth-order valence-electron chi connectivity index (χ4n) is 1.89. The molecule has 26 heavy (non-hydrogen) atoms. The maximum Gasteiger partial charge on any atom is 0.279 e. The maximum atomic E-state index is 12.2. The van der Waals surface area contributed by atoms with E-state index >= 15 is 0 Å². The molecule has 0 unspecified atom stereocenters. The summed E-state index contributed by atoms with van der Waals surface area (Å²) in [5.41, 5.74) is 0.0946. The zero-order chi connectivity index (χ0) is 18.5. The first-order valence-corrected chi connectivity index (χ1v) is 9.39. The summed E-state index contributed by atoms with van der Waals surface area (Å²) < 4.78 is 10.8. The number of amides is 2. The molecule has 3 rings (SSSR count). The first kappa shape index (κ1) is 18.1. The number of nitrogens with zero attached hydrogens (tertiary/aromatic N) is 3. The number of anilines is 1. The molecule has 0 atom stereocenters. The van der Waals surface area contributed by atoms with Gasteiger partial charge in [0.2, 0.25) is 16.8 Å². The van der Waals surface area contributed by atoms with Gasteiger partial charge in [-0.2, -0.15) is 0 Å². The lowest BCUT2D eigenvalue weighted by Gasteiger charge is -2.06. The van der Waals surface area contributed by atoms with Crippen LogP contribution in [0.1, 0.15) is 24.3 Å². The zero-order valence-corrected chi connectivity index (χ0v) is 15.5. The van der Waals surface area contributed by atoms with Crippen molar-refractivity contribution in [1.82, 2.24) is 20.7 Å². The fraction of sp³-hybridized carbons (Fsp3) is 0.267. The summed E-state index contributed by atoms with van der Waals surface area (Å²) in [4.78, 5) is 23.8. The second kappa shape index (κ2) is 8.15. The van der Waals surface area contributed by atoms with E-state index < -0.39 is 5.91 Å². The van der Waals surface area contributed by atoms with Crippen LogP contribution in [0.15, 0.2) is 37.7 Å². The molecule has 0 saturated carbocycles. The Balaban J connectivity index is 1.55. The molecule has 0 aliphatic rings. The number of nitrogens with one attached hydrogen (secondary N) is 2. The highest BCUT2D eigenvalue weighted by atomic mass is 32.2. The molecule has 0 fully saturated rings. The van der Waals surface area contributed by atoms with E-state index in [9.17, 15) is 9.59 Å². The van der Waals surface area contributed by atoms with Gasteiger partial charge in [0.1, 0.15) is 0 Å². The largest absolute Gasteiger partial charge is 0.461 e. The van der Waals surface area contributed by atoms with Crippen LogP contribution in [0.3, 0.4) is 0 Å². The molecule has 2 amide bonds. The second-order valence-electron chi connectivity index (χ2n) is 5.39. The molecular formula is C15H15N5O4S2. The molecule has 0 aliphatic heterocycles. The number of carbonyl (C=O) groups is 2. The van der Waals surface area contributed by atoms with Gasteiger partial charge < -0.3 is 14.3 Å². The van der Waals surface area contributed by atoms with Crippen LogP contribution in [0.4, 0.5) is 5.13 Å². The topological polar surface area (TPSA) is 123 Å². The Bertz CT molecular complexity index is 888. The van der Waals surface area contributed by atoms with E-state index in [-0.39, 0.29) is 23.4 Å². The Hall–Kier alpha value is -2.66. The maximum absolute atomic E-state index is 12.2. The third-order valence-corrected chi connectivity index (χ3v) is 4.88. The smallest absolute Gasteiger partial charge is 0.279 e. The Labute approximate surface area is 156 Å². The quantitative estimate of drug-likeness (QED) is 0.464. The van der Waals surface area contributed by atoms with Gasteiger partial charge in [-0.15, -0.1) is 10.2 Å². The molecule has 2 N–H and O–H groups in total. The van der Waals surface area contributed by atoms with Crippen LogP contribution >= 0.6 is 23.1 Å². The Morgan fingerprint density at radius 1 is 1.31 bits per heavy atom. The van der Waals surface area contributed by atoms with Crippen LogP contribution in [0.25, 0.3) is 11.5 Å².